The van der Waals surface area contributed by atoms with Crippen molar-refractivity contribution in [2.24, 2.45) is 0 Å². The lowest BCUT2D eigenvalue weighted by Crippen LogP contribution is -2.23. The predicted molar refractivity (Wildman–Crippen MR) is 99.9 cm³/mol. The predicted octanol–water partition coefficient (Wildman–Crippen LogP) is 3.92. The van der Waals surface area contributed by atoms with E-state index in [4.69, 9.17) is 9.84 Å². The summed E-state index contributed by atoms with van der Waals surface area (Å²) in [6.45, 7) is 2.56. The van der Waals surface area contributed by atoms with Gasteiger partial charge in [0.05, 0.1) is 0 Å². The molecule has 0 spiro atoms. The van der Waals surface area contributed by atoms with Gasteiger partial charge in [0, 0.05) is 27.7 Å². The van der Waals surface area contributed by atoms with Crippen LogP contribution in [0.2, 0.25) is 0 Å². The highest BCUT2D eigenvalue weighted by Crippen LogP contribution is 2.43. The number of nitrogens with one attached hydrogen (secondary N) is 1. The molecule has 1 aromatic heterocycles. The molecule has 5 heteroatoms. The molecule has 128 valence electrons. The van der Waals surface area contributed by atoms with Crippen LogP contribution in [0.5, 0.6) is 5.75 Å². The summed E-state index contributed by atoms with van der Waals surface area (Å²) in [7, 11) is 0. The Morgan fingerprint density at radius 3 is 2.88 bits per heavy atom. The summed E-state index contributed by atoms with van der Waals surface area (Å²) in [5.41, 5.74) is 5.91. The largest absolute Gasteiger partial charge is 0.488 e. The maximum Gasteiger partial charge on any atom is 0.328 e. The molecule has 4 nitrogen and oxygen atoms in total. The van der Waals surface area contributed by atoms with Gasteiger partial charge < -0.3 is 15.2 Å². The van der Waals surface area contributed by atoms with Crippen LogP contribution in [0.25, 0.3) is 11.6 Å². The van der Waals surface area contributed by atoms with E-state index in [1.807, 2.05) is 18.2 Å². The third-order valence-electron chi connectivity index (χ3n) is 4.61. The van der Waals surface area contributed by atoms with Gasteiger partial charge in [-0.1, -0.05) is 11.6 Å². The minimum Gasteiger partial charge on any atom is -0.488 e. The van der Waals surface area contributed by atoms with E-state index >= 15 is 0 Å². The number of fused-ring (bicyclic) bond motifs is 2. The second-order valence-corrected chi connectivity index (χ2v) is 7.14. The SMILES string of the molecule is O=C(O)C=Cc1ccc2c(c1)C(=C1CCNCC1)c1sccc1CO2. The van der Waals surface area contributed by atoms with Crippen LogP contribution in [0, 0.1) is 0 Å². The quantitative estimate of drug-likeness (QED) is 0.804. The van der Waals surface area contributed by atoms with Gasteiger partial charge in [-0.2, -0.15) is 0 Å². The Bertz CT molecular complexity index is 871. The van der Waals surface area contributed by atoms with Crippen LogP contribution in [0.15, 0.2) is 41.3 Å². The van der Waals surface area contributed by atoms with Crippen molar-refractivity contribution >= 4 is 29.0 Å². The lowest BCUT2D eigenvalue weighted by molar-refractivity contribution is -0.131. The number of carbonyl (C=O) groups is 1. The van der Waals surface area contributed by atoms with Crippen LogP contribution < -0.4 is 10.1 Å². The summed E-state index contributed by atoms with van der Waals surface area (Å²) in [5, 5.41) is 14.4. The molecule has 1 aromatic carbocycles. The normalized spacial score (nSPS) is 17.0. The number of rotatable bonds is 2. The summed E-state index contributed by atoms with van der Waals surface area (Å²) in [5.74, 6) is -0.0689. The Hall–Kier alpha value is -2.37. The first-order valence-corrected chi connectivity index (χ1v) is 9.28. The van der Waals surface area contributed by atoms with E-state index in [1.165, 1.54) is 27.7 Å². The highest BCUT2D eigenvalue weighted by atomic mass is 32.1. The maximum atomic E-state index is 10.8. The van der Waals surface area contributed by atoms with Crippen molar-refractivity contribution in [3.05, 3.63) is 62.9 Å². The van der Waals surface area contributed by atoms with Crippen molar-refractivity contribution < 1.29 is 14.6 Å². The van der Waals surface area contributed by atoms with Gasteiger partial charge in [0.25, 0.3) is 0 Å². The minimum atomic E-state index is -0.941. The van der Waals surface area contributed by atoms with Gasteiger partial charge in [0.2, 0.25) is 0 Å². The van der Waals surface area contributed by atoms with Gasteiger partial charge in [0.1, 0.15) is 12.4 Å². The Labute approximate surface area is 150 Å². The topological polar surface area (TPSA) is 58.6 Å². The van der Waals surface area contributed by atoms with Crippen LogP contribution in [-0.4, -0.2) is 24.2 Å². The van der Waals surface area contributed by atoms with Crippen molar-refractivity contribution in [1.29, 1.82) is 0 Å². The van der Waals surface area contributed by atoms with Crippen molar-refractivity contribution in [3.8, 4) is 5.75 Å². The maximum absolute atomic E-state index is 10.8. The van der Waals surface area contributed by atoms with Gasteiger partial charge in [-0.25, -0.2) is 4.79 Å². The number of carboxylic acids is 1. The Morgan fingerprint density at radius 2 is 2.08 bits per heavy atom. The molecule has 4 rings (SSSR count). The fourth-order valence-corrected chi connectivity index (χ4v) is 4.43. The lowest BCUT2D eigenvalue weighted by atomic mass is 9.90. The molecule has 0 amide bonds. The van der Waals surface area contributed by atoms with Crippen molar-refractivity contribution in [2.45, 2.75) is 19.4 Å². The second kappa shape index (κ2) is 6.86. The molecule has 0 radical (unpaired) electrons. The Morgan fingerprint density at radius 1 is 1.24 bits per heavy atom. The lowest BCUT2D eigenvalue weighted by Gasteiger charge is -2.21. The van der Waals surface area contributed by atoms with E-state index in [0.717, 1.165) is 42.8 Å². The average Bonchev–Trinajstić information content (AvgIpc) is 3.02. The molecule has 0 bridgehead atoms. The zero-order chi connectivity index (χ0) is 17.2. The van der Waals surface area contributed by atoms with Gasteiger partial charge >= 0.3 is 5.97 Å². The fraction of sp³-hybridized carbons (Fsp3) is 0.250. The van der Waals surface area contributed by atoms with Crippen molar-refractivity contribution in [2.75, 3.05) is 13.1 Å². The standard InChI is InChI=1S/C20H19NO3S/c22-18(23)4-2-13-1-3-17-16(11-13)19(14-5-8-21-9-6-14)20-15(12-24-17)7-10-25-20/h1-4,7,10-11,21H,5-6,8-9,12H2,(H,22,23). The minimum absolute atomic E-state index is 0.575. The van der Waals surface area contributed by atoms with E-state index in [9.17, 15) is 4.79 Å². The molecule has 0 unspecified atom stereocenters. The number of carboxylic acid groups (broad SMARTS) is 1. The van der Waals surface area contributed by atoms with E-state index in [-0.39, 0.29) is 0 Å². The highest BCUT2D eigenvalue weighted by Gasteiger charge is 2.24. The van der Waals surface area contributed by atoms with E-state index in [2.05, 4.69) is 16.8 Å². The number of benzene rings is 1. The summed E-state index contributed by atoms with van der Waals surface area (Å²) in [6, 6.07) is 8.05. The first kappa shape index (κ1) is 16.1. The van der Waals surface area contributed by atoms with Gasteiger partial charge in [0.15, 0.2) is 0 Å². The Balaban J connectivity index is 1.89. The van der Waals surface area contributed by atoms with Crippen LogP contribution >= 0.6 is 11.3 Å². The van der Waals surface area contributed by atoms with Crippen LogP contribution in [0.1, 0.15) is 34.4 Å². The fourth-order valence-electron chi connectivity index (χ4n) is 3.42. The third kappa shape index (κ3) is 3.25. The number of hydrogen-bond acceptors (Lipinski definition) is 4. The van der Waals surface area contributed by atoms with Gasteiger partial charge in [-0.3, -0.25) is 0 Å². The average molecular weight is 353 g/mol. The molecule has 0 atom stereocenters. The molecule has 2 N–H and O–H groups in total. The molecule has 1 saturated heterocycles. The molecule has 3 heterocycles. The summed E-state index contributed by atoms with van der Waals surface area (Å²) < 4.78 is 6.05. The molecule has 0 aliphatic carbocycles. The molecule has 2 aliphatic rings. The van der Waals surface area contributed by atoms with E-state index < -0.39 is 5.97 Å². The smallest absolute Gasteiger partial charge is 0.328 e. The van der Waals surface area contributed by atoms with Gasteiger partial charge in [-0.15, -0.1) is 11.3 Å². The number of piperidine rings is 1. The first-order chi connectivity index (χ1) is 12.2. The number of aliphatic carboxylic acids is 1. The molecular formula is C20H19NO3S. The second-order valence-electron chi connectivity index (χ2n) is 6.22. The number of hydrogen-bond donors (Lipinski definition) is 2. The molecular weight excluding hydrogens is 334 g/mol. The zero-order valence-corrected chi connectivity index (χ0v) is 14.6. The van der Waals surface area contributed by atoms with Crippen LogP contribution in [-0.2, 0) is 11.4 Å². The molecule has 0 saturated carbocycles. The first-order valence-electron chi connectivity index (χ1n) is 8.40. The summed E-state index contributed by atoms with van der Waals surface area (Å²) >= 11 is 1.76. The Kier molecular flexibility index (Phi) is 4.42. The van der Waals surface area contributed by atoms with Gasteiger partial charge in [-0.05, 0) is 61.1 Å². The molecule has 2 aromatic rings. The van der Waals surface area contributed by atoms with Crippen LogP contribution in [0.3, 0.4) is 0 Å². The summed E-state index contributed by atoms with van der Waals surface area (Å²) in [4.78, 5) is 12.1. The zero-order valence-electron chi connectivity index (χ0n) is 13.7. The molecule has 25 heavy (non-hydrogen) atoms. The summed E-state index contributed by atoms with van der Waals surface area (Å²) in [6.07, 6.45) is 4.86. The van der Waals surface area contributed by atoms with Crippen molar-refractivity contribution in [1.82, 2.24) is 5.32 Å². The monoisotopic (exact) mass is 353 g/mol. The molecule has 1 fully saturated rings. The van der Waals surface area contributed by atoms with E-state index in [0.29, 0.717) is 6.61 Å². The molecule has 2 aliphatic heterocycles. The van der Waals surface area contributed by atoms with E-state index in [1.54, 1.807) is 17.4 Å². The number of thiophene rings is 1. The number of ether oxygens (including phenoxy) is 1. The van der Waals surface area contributed by atoms with Crippen molar-refractivity contribution in [3.63, 3.8) is 0 Å². The highest BCUT2D eigenvalue weighted by molar-refractivity contribution is 7.11. The third-order valence-corrected chi connectivity index (χ3v) is 5.58. The van der Waals surface area contributed by atoms with Crippen LogP contribution in [0.4, 0.5) is 0 Å².